The van der Waals surface area contributed by atoms with Crippen molar-refractivity contribution in [1.82, 2.24) is 4.90 Å². The van der Waals surface area contributed by atoms with Gasteiger partial charge in [-0.3, -0.25) is 9.59 Å². The molecular formula is C16H16FNO3S. The third kappa shape index (κ3) is 2.47. The molecule has 116 valence electrons. The van der Waals surface area contributed by atoms with Crippen molar-refractivity contribution in [3.8, 4) is 0 Å². The average molecular weight is 321 g/mol. The normalized spacial score (nSPS) is 18.6. The second kappa shape index (κ2) is 5.68. The fourth-order valence-electron chi connectivity index (χ4n) is 2.96. The second-order valence-electron chi connectivity index (χ2n) is 5.60. The molecule has 1 unspecified atom stereocenters. The molecule has 1 fully saturated rings. The number of carboxylic acids is 1. The summed E-state index contributed by atoms with van der Waals surface area (Å²) in [5.41, 5.74) is 0.639. The average Bonchev–Trinajstić information content (AvgIpc) is 2.85. The first-order valence-electron chi connectivity index (χ1n) is 7.18. The maximum absolute atomic E-state index is 13.9. The lowest BCUT2D eigenvalue weighted by Gasteiger charge is -2.30. The van der Waals surface area contributed by atoms with Crippen molar-refractivity contribution in [2.24, 2.45) is 5.92 Å². The van der Waals surface area contributed by atoms with Crippen LogP contribution in [0.1, 0.15) is 28.1 Å². The molecule has 4 nitrogen and oxygen atoms in total. The molecule has 1 aliphatic heterocycles. The molecule has 2 heterocycles. The van der Waals surface area contributed by atoms with Crippen molar-refractivity contribution in [1.29, 1.82) is 0 Å². The van der Waals surface area contributed by atoms with Crippen LogP contribution < -0.4 is 0 Å². The van der Waals surface area contributed by atoms with Gasteiger partial charge in [0.2, 0.25) is 0 Å². The van der Waals surface area contributed by atoms with Gasteiger partial charge in [0.15, 0.2) is 0 Å². The van der Waals surface area contributed by atoms with Crippen molar-refractivity contribution in [3.63, 3.8) is 0 Å². The Balaban J connectivity index is 1.94. The minimum Gasteiger partial charge on any atom is -0.481 e. The highest BCUT2D eigenvalue weighted by Crippen LogP contribution is 2.34. The third-order valence-electron chi connectivity index (χ3n) is 4.16. The molecule has 1 aromatic heterocycles. The van der Waals surface area contributed by atoms with Crippen molar-refractivity contribution < 1.29 is 19.1 Å². The maximum atomic E-state index is 13.9. The lowest BCUT2D eigenvalue weighted by atomic mass is 9.98. The number of carbonyl (C=O) groups excluding carboxylic acids is 1. The largest absolute Gasteiger partial charge is 0.481 e. The van der Waals surface area contributed by atoms with Gasteiger partial charge >= 0.3 is 5.97 Å². The second-order valence-corrected chi connectivity index (χ2v) is 6.65. The van der Waals surface area contributed by atoms with Gasteiger partial charge in [-0.1, -0.05) is 6.07 Å². The Bertz CT molecular complexity index is 755. The number of carboxylic acid groups (broad SMARTS) is 1. The number of carbonyl (C=O) groups is 2. The molecule has 0 saturated carbocycles. The Morgan fingerprint density at radius 1 is 1.41 bits per heavy atom. The van der Waals surface area contributed by atoms with Gasteiger partial charge in [0.25, 0.3) is 5.91 Å². The molecule has 1 N–H and O–H groups in total. The molecule has 2 aromatic rings. The van der Waals surface area contributed by atoms with E-state index in [2.05, 4.69) is 0 Å². The summed E-state index contributed by atoms with van der Waals surface area (Å²) in [4.78, 5) is 25.9. The predicted octanol–water partition coefficient (Wildman–Crippen LogP) is 3.29. The molecule has 6 heteroatoms. The number of aliphatic carboxylic acids is 1. The van der Waals surface area contributed by atoms with Crippen LogP contribution >= 0.6 is 11.3 Å². The van der Waals surface area contributed by atoms with E-state index in [1.54, 1.807) is 24.0 Å². The number of hydrogen-bond acceptors (Lipinski definition) is 3. The van der Waals surface area contributed by atoms with Crippen molar-refractivity contribution in [2.45, 2.75) is 19.8 Å². The van der Waals surface area contributed by atoms with E-state index in [9.17, 15) is 14.0 Å². The summed E-state index contributed by atoms with van der Waals surface area (Å²) in [6.07, 6.45) is 1.28. The first-order valence-corrected chi connectivity index (χ1v) is 8.00. The highest BCUT2D eigenvalue weighted by Gasteiger charge is 2.30. The van der Waals surface area contributed by atoms with Crippen LogP contribution in [0.5, 0.6) is 0 Å². The van der Waals surface area contributed by atoms with Crippen molar-refractivity contribution in [3.05, 3.63) is 34.5 Å². The Kier molecular flexibility index (Phi) is 3.87. The van der Waals surface area contributed by atoms with Crippen LogP contribution in [0.25, 0.3) is 10.1 Å². The van der Waals surface area contributed by atoms with E-state index in [1.165, 1.54) is 17.4 Å². The molecule has 1 saturated heterocycles. The van der Waals surface area contributed by atoms with Gasteiger partial charge in [-0.15, -0.1) is 11.3 Å². The van der Waals surface area contributed by atoms with E-state index in [0.717, 1.165) is 4.70 Å². The monoisotopic (exact) mass is 321 g/mol. The number of benzene rings is 1. The minimum atomic E-state index is -0.864. The predicted molar refractivity (Wildman–Crippen MR) is 82.8 cm³/mol. The van der Waals surface area contributed by atoms with Gasteiger partial charge in [0, 0.05) is 23.2 Å². The summed E-state index contributed by atoms with van der Waals surface area (Å²) in [7, 11) is 0. The number of fused-ring (bicyclic) bond motifs is 1. The van der Waals surface area contributed by atoms with Crippen LogP contribution in [0.2, 0.25) is 0 Å². The van der Waals surface area contributed by atoms with Gasteiger partial charge < -0.3 is 10.0 Å². The number of rotatable bonds is 2. The number of amides is 1. The molecule has 0 radical (unpaired) electrons. The quantitative estimate of drug-likeness (QED) is 0.923. The molecule has 0 bridgehead atoms. The lowest BCUT2D eigenvalue weighted by molar-refractivity contribution is -0.143. The number of nitrogens with zero attached hydrogens (tertiary/aromatic N) is 1. The van der Waals surface area contributed by atoms with Gasteiger partial charge in [0.1, 0.15) is 5.82 Å². The molecule has 0 spiro atoms. The number of aryl methyl sites for hydroxylation is 1. The van der Waals surface area contributed by atoms with Crippen LogP contribution in [0.3, 0.4) is 0 Å². The number of halogens is 1. The van der Waals surface area contributed by atoms with Crippen LogP contribution in [0.15, 0.2) is 18.2 Å². The highest BCUT2D eigenvalue weighted by atomic mass is 32.1. The Hall–Kier alpha value is -1.95. The summed E-state index contributed by atoms with van der Waals surface area (Å²) >= 11 is 1.27. The van der Waals surface area contributed by atoms with Gasteiger partial charge in [0.05, 0.1) is 10.8 Å². The topological polar surface area (TPSA) is 57.6 Å². The maximum Gasteiger partial charge on any atom is 0.308 e. The van der Waals surface area contributed by atoms with E-state index in [4.69, 9.17) is 5.11 Å². The number of hydrogen-bond donors (Lipinski definition) is 1. The Morgan fingerprint density at radius 2 is 2.18 bits per heavy atom. The molecule has 1 amide bonds. The van der Waals surface area contributed by atoms with Crippen molar-refractivity contribution >= 4 is 33.3 Å². The zero-order valence-electron chi connectivity index (χ0n) is 12.1. The summed E-state index contributed by atoms with van der Waals surface area (Å²) < 4.78 is 14.7. The first kappa shape index (κ1) is 15.0. The fraction of sp³-hybridized carbons (Fsp3) is 0.375. The van der Waals surface area contributed by atoms with Gasteiger partial charge in [-0.25, -0.2) is 4.39 Å². The van der Waals surface area contributed by atoms with Crippen LogP contribution in [0, 0.1) is 18.7 Å². The minimum absolute atomic E-state index is 0.191. The zero-order chi connectivity index (χ0) is 15.9. The van der Waals surface area contributed by atoms with E-state index in [0.29, 0.717) is 35.2 Å². The first-order chi connectivity index (χ1) is 10.5. The summed E-state index contributed by atoms with van der Waals surface area (Å²) in [5.74, 6) is -1.89. The summed E-state index contributed by atoms with van der Waals surface area (Å²) in [6, 6.07) is 4.81. The summed E-state index contributed by atoms with van der Waals surface area (Å²) in [5, 5.41) is 9.62. The van der Waals surface area contributed by atoms with Gasteiger partial charge in [-0.2, -0.15) is 0 Å². The van der Waals surface area contributed by atoms with Crippen LogP contribution in [-0.2, 0) is 4.79 Å². The van der Waals surface area contributed by atoms with E-state index >= 15 is 0 Å². The van der Waals surface area contributed by atoms with Crippen LogP contribution in [0.4, 0.5) is 4.39 Å². The van der Waals surface area contributed by atoms with Crippen LogP contribution in [-0.4, -0.2) is 35.0 Å². The molecular weight excluding hydrogens is 305 g/mol. The fourth-order valence-corrected chi connectivity index (χ4v) is 4.15. The highest BCUT2D eigenvalue weighted by molar-refractivity contribution is 7.21. The smallest absolute Gasteiger partial charge is 0.308 e. The SMILES string of the molecule is Cc1c(C(=O)N2CCCC(C(=O)O)C2)sc2cccc(F)c12. The standard InChI is InChI=1S/C16H16FNO3S/c1-9-13-11(17)5-2-6-12(13)22-14(9)15(19)18-7-3-4-10(8-18)16(20)21/h2,5-6,10H,3-4,7-8H2,1H3,(H,20,21). The number of thiophene rings is 1. The molecule has 1 aliphatic rings. The number of piperidine rings is 1. The summed E-state index contributed by atoms with van der Waals surface area (Å²) in [6.45, 7) is 2.52. The van der Waals surface area contributed by atoms with E-state index < -0.39 is 11.9 Å². The Labute approximate surface area is 131 Å². The third-order valence-corrected chi connectivity index (χ3v) is 5.40. The van der Waals surface area contributed by atoms with E-state index in [1.807, 2.05) is 0 Å². The number of likely N-dealkylation sites (tertiary alicyclic amines) is 1. The van der Waals surface area contributed by atoms with Crippen molar-refractivity contribution in [2.75, 3.05) is 13.1 Å². The van der Waals surface area contributed by atoms with E-state index in [-0.39, 0.29) is 18.3 Å². The molecule has 1 aromatic carbocycles. The lowest BCUT2D eigenvalue weighted by Crippen LogP contribution is -2.42. The van der Waals surface area contributed by atoms with Gasteiger partial charge in [-0.05, 0) is 37.5 Å². The molecule has 3 rings (SSSR count). The molecule has 0 aliphatic carbocycles. The molecule has 22 heavy (non-hydrogen) atoms. The zero-order valence-corrected chi connectivity index (χ0v) is 13.0. The molecule has 1 atom stereocenters. The Morgan fingerprint density at radius 3 is 2.86 bits per heavy atom.